The maximum Gasteiger partial charge on any atom is 0.224 e. The number of halogens is 2. The van der Waals surface area contributed by atoms with Gasteiger partial charge in [-0.2, -0.15) is 4.98 Å². The van der Waals surface area contributed by atoms with Crippen LogP contribution in [-0.2, 0) is 0 Å². The Balaban J connectivity index is 3.28. The molecule has 0 bridgehead atoms. The van der Waals surface area contributed by atoms with Crippen molar-refractivity contribution in [1.29, 1.82) is 0 Å². The van der Waals surface area contributed by atoms with Gasteiger partial charge in [-0.3, -0.25) is 5.01 Å². The molecule has 12 heavy (non-hydrogen) atoms. The number of rotatable bonds is 1. The van der Waals surface area contributed by atoms with E-state index in [9.17, 15) is 0 Å². The van der Waals surface area contributed by atoms with Crippen LogP contribution in [-0.4, -0.2) is 17.0 Å². The number of aromatic nitrogens is 2. The Morgan fingerprint density at radius 1 is 1.50 bits per heavy atom. The number of nitrogens with two attached hydrogens (primary N) is 1. The van der Waals surface area contributed by atoms with Gasteiger partial charge >= 0.3 is 0 Å². The number of hydrogen-bond acceptors (Lipinski definition) is 4. The Morgan fingerprint density at radius 3 is 2.58 bits per heavy atom. The molecule has 0 aliphatic carbocycles. The van der Waals surface area contributed by atoms with Gasteiger partial charge in [-0.15, -0.1) is 0 Å². The second-order valence-electron chi connectivity index (χ2n) is 2.33. The molecule has 4 nitrogen and oxygen atoms in total. The first-order valence-corrected chi connectivity index (χ1v) is 4.37. The van der Waals surface area contributed by atoms with Crippen molar-refractivity contribution in [2.45, 2.75) is 6.92 Å². The van der Waals surface area contributed by atoms with Gasteiger partial charge in [0.1, 0.15) is 0 Å². The van der Waals surface area contributed by atoms with Gasteiger partial charge in [-0.1, -0.05) is 0 Å². The van der Waals surface area contributed by atoms with Crippen LogP contribution >= 0.6 is 27.5 Å². The van der Waals surface area contributed by atoms with Crippen LogP contribution in [0, 0.1) is 6.92 Å². The quantitative estimate of drug-likeness (QED) is 0.467. The molecule has 0 atom stereocenters. The molecule has 1 aromatic heterocycles. The van der Waals surface area contributed by atoms with E-state index in [0.717, 1.165) is 10.2 Å². The fourth-order valence-corrected chi connectivity index (χ4v) is 1.41. The van der Waals surface area contributed by atoms with Gasteiger partial charge in [0.2, 0.25) is 5.28 Å². The second kappa shape index (κ2) is 3.55. The van der Waals surface area contributed by atoms with Crippen molar-refractivity contribution in [2.24, 2.45) is 5.84 Å². The van der Waals surface area contributed by atoms with Crippen LogP contribution < -0.4 is 10.9 Å². The lowest BCUT2D eigenvalue weighted by Crippen LogP contribution is -2.27. The Morgan fingerprint density at radius 2 is 2.08 bits per heavy atom. The number of anilines is 1. The van der Waals surface area contributed by atoms with E-state index in [1.807, 2.05) is 6.92 Å². The van der Waals surface area contributed by atoms with Crippen LogP contribution in [0.2, 0.25) is 5.28 Å². The van der Waals surface area contributed by atoms with E-state index in [4.69, 9.17) is 17.4 Å². The first kappa shape index (κ1) is 9.70. The molecule has 66 valence electrons. The SMILES string of the molecule is Cc1nc(Cl)nc(N(C)N)c1Br. The third kappa shape index (κ3) is 1.85. The van der Waals surface area contributed by atoms with Gasteiger partial charge in [0.25, 0.3) is 0 Å². The Bertz CT molecular complexity index is 302. The minimum absolute atomic E-state index is 0.197. The molecule has 0 saturated carbocycles. The Hall–Kier alpha value is -0.390. The lowest BCUT2D eigenvalue weighted by molar-refractivity contribution is 0.943. The zero-order valence-electron chi connectivity index (χ0n) is 6.67. The molecule has 0 aliphatic rings. The van der Waals surface area contributed by atoms with Crippen molar-refractivity contribution in [1.82, 2.24) is 9.97 Å². The third-order valence-electron chi connectivity index (χ3n) is 1.31. The van der Waals surface area contributed by atoms with Gasteiger partial charge in [0.15, 0.2) is 5.82 Å². The molecule has 1 heterocycles. The summed E-state index contributed by atoms with van der Waals surface area (Å²) in [6, 6.07) is 0. The van der Waals surface area contributed by atoms with E-state index >= 15 is 0 Å². The number of hydrazine groups is 1. The lowest BCUT2D eigenvalue weighted by Gasteiger charge is -2.13. The third-order valence-corrected chi connectivity index (χ3v) is 2.40. The number of nitrogens with zero attached hydrogens (tertiary/aromatic N) is 3. The fraction of sp³-hybridized carbons (Fsp3) is 0.333. The van der Waals surface area contributed by atoms with Gasteiger partial charge in [0.05, 0.1) is 10.2 Å². The highest BCUT2D eigenvalue weighted by Gasteiger charge is 2.09. The summed E-state index contributed by atoms with van der Waals surface area (Å²) in [6.45, 7) is 1.82. The molecule has 0 saturated heterocycles. The molecular weight excluding hydrogens is 243 g/mol. The van der Waals surface area contributed by atoms with E-state index in [1.54, 1.807) is 7.05 Å². The van der Waals surface area contributed by atoms with Crippen LogP contribution in [0.1, 0.15) is 5.69 Å². The van der Waals surface area contributed by atoms with E-state index in [-0.39, 0.29) is 5.28 Å². The van der Waals surface area contributed by atoms with Crippen molar-refractivity contribution < 1.29 is 0 Å². The molecule has 2 N–H and O–H groups in total. The summed E-state index contributed by atoms with van der Waals surface area (Å²) in [5.41, 5.74) is 0.766. The van der Waals surface area contributed by atoms with Crippen molar-refractivity contribution in [2.75, 3.05) is 12.1 Å². The van der Waals surface area contributed by atoms with Crippen molar-refractivity contribution >= 4 is 33.3 Å². The zero-order chi connectivity index (χ0) is 9.30. The Kier molecular flexibility index (Phi) is 2.87. The fourth-order valence-electron chi connectivity index (χ4n) is 0.744. The topological polar surface area (TPSA) is 55.0 Å². The number of hydrogen-bond donors (Lipinski definition) is 1. The zero-order valence-corrected chi connectivity index (χ0v) is 9.02. The smallest absolute Gasteiger partial charge is 0.224 e. The summed E-state index contributed by atoms with van der Waals surface area (Å²) in [5, 5.41) is 1.58. The van der Waals surface area contributed by atoms with Gasteiger partial charge < -0.3 is 0 Å². The molecule has 0 aliphatic heterocycles. The normalized spacial score (nSPS) is 10.1. The highest BCUT2D eigenvalue weighted by molar-refractivity contribution is 9.10. The summed E-state index contributed by atoms with van der Waals surface area (Å²) >= 11 is 8.95. The molecule has 0 radical (unpaired) electrons. The maximum atomic E-state index is 5.64. The predicted octanol–water partition coefficient (Wildman–Crippen LogP) is 1.51. The van der Waals surface area contributed by atoms with Crippen molar-refractivity contribution in [3.63, 3.8) is 0 Å². The van der Waals surface area contributed by atoms with Crippen LogP contribution in [0.3, 0.4) is 0 Å². The average Bonchev–Trinajstić information content (AvgIpc) is 1.96. The van der Waals surface area contributed by atoms with Crippen LogP contribution in [0.15, 0.2) is 4.47 Å². The van der Waals surface area contributed by atoms with Crippen molar-refractivity contribution in [3.05, 3.63) is 15.5 Å². The summed E-state index contributed by atoms with van der Waals surface area (Å²) in [5.74, 6) is 6.08. The van der Waals surface area contributed by atoms with E-state index < -0.39 is 0 Å². The number of aryl methyl sites for hydroxylation is 1. The minimum Gasteiger partial charge on any atom is -0.297 e. The molecule has 6 heteroatoms. The summed E-state index contributed by atoms with van der Waals surface area (Å²) in [4.78, 5) is 7.88. The monoisotopic (exact) mass is 250 g/mol. The molecule has 0 fully saturated rings. The molecule has 1 aromatic rings. The van der Waals surface area contributed by atoms with Crippen LogP contribution in [0.5, 0.6) is 0 Å². The molecule has 0 aromatic carbocycles. The van der Waals surface area contributed by atoms with Gasteiger partial charge in [-0.25, -0.2) is 10.8 Å². The molecule has 0 amide bonds. The molecular formula is C6H8BrClN4. The average molecular weight is 252 g/mol. The highest BCUT2D eigenvalue weighted by atomic mass is 79.9. The Labute approximate surface area is 83.8 Å². The largest absolute Gasteiger partial charge is 0.297 e. The first-order chi connectivity index (χ1) is 5.52. The van der Waals surface area contributed by atoms with Gasteiger partial charge in [0, 0.05) is 7.05 Å². The van der Waals surface area contributed by atoms with E-state index in [1.165, 1.54) is 5.01 Å². The van der Waals surface area contributed by atoms with Crippen molar-refractivity contribution in [3.8, 4) is 0 Å². The van der Waals surface area contributed by atoms with E-state index in [0.29, 0.717) is 5.82 Å². The highest BCUT2D eigenvalue weighted by Crippen LogP contribution is 2.25. The van der Waals surface area contributed by atoms with Gasteiger partial charge in [-0.05, 0) is 34.5 Å². The van der Waals surface area contributed by atoms with Crippen LogP contribution in [0.25, 0.3) is 0 Å². The maximum absolute atomic E-state index is 5.64. The standard InChI is InChI=1S/C6H8BrClN4/c1-3-4(7)5(12(2)9)11-6(8)10-3/h9H2,1-2H3. The van der Waals surface area contributed by atoms with Crippen LogP contribution in [0.4, 0.5) is 5.82 Å². The summed E-state index contributed by atoms with van der Waals surface area (Å²) in [7, 11) is 1.68. The minimum atomic E-state index is 0.197. The first-order valence-electron chi connectivity index (χ1n) is 3.20. The predicted molar refractivity (Wildman–Crippen MR) is 52.1 cm³/mol. The molecule has 1 rings (SSSR count). The summed E-state index contributed by atoms with van der Waals surface area (Å²) < 4.78 is 0.761. The second-order valence-corrected chi connectivity index (χ2v) is 3.46. The molecule has 0 spiro atoms. The van der Waals surface area contributed by atoms with E-state index in [2.05, 4.69) is 25.9 Å². The molecule has 0 unspecified atom stereocenters. The summed E-state index contributed by atoms with van der Waals surface area (Å²) in [6.07, 6.45) is 0. The lowest BCUT2D eigenvalue weighted by atomic mass is 10.4.